The quantitative estimate of drug-likeness (QED) is 0.646. The van der Waals surface area contributed by atoms with Crippen LogP contribution in [0.4, 0.5) is 0 Å². The van der Waals surface area contributed by atoms with Crippen LogP contribution < -0.4 is 14.8 Å². The van der Waals surface area contributed by atoms with Crippen molar-refractivity contribution >= 4 is 11.9 Å². The zero-order valence-corrected chi connectivity index (χ0v) is 13.9. The van der Waals surface area contributed by atoms with Gasteiger partial charge in [-0.25, -0.2) is 4.79 Å². The third-order valence-electron chi connectivity index (χ3n) is 3.20. The number of aliphatic carboxylic acids is 1. The zero-order chi connectivity index (χ0) is 17.2. The lowest BCUT2D eigenvalue weighted by atomic mass is 10.0. The van der Waals surface area contributed by atoms with Crippen molar-refractivity contribution in [1.29, 1.82) is 0 Å². The first-order valence-electron chi connectivity index (χ1n) is 7.71. The highest BCUT2D eigenvalue weighted by Gasteiger charge is 2.20. The van der Waals surface area contributed by atoms with Crippen LogP contribution in [0.25, 0.3) is 0 Å². The Hall–Kier alpha value is -2.24. The number of carboxylic acid groups (broad SMARTS) is 1. The summed E-state index contributed by atoms with van der Waals surface area (Å²) < 4.78 is 10.6. The first-order chi connectivity index (χ1) is 10.9. The van der Waals surface area contributed by atoms with Gasteiger partial charge in [0.2, 0.25) is 5.91 Å². The summed E-state index contributed by atoms with van der Waals surface area (Å²) in [4.78, 5) is 22.9. The van der Waals surface area contributed by atoms with Crippen molar-refractivity contribution < 1.29 is 24.2 Å². The molecule has 0 aliphatic heterocycles. The molecule has 0 fully saturated rings. The van der Waals surface area contributed by atoms with E-state index in [0.717, 1.165) is 0 Å². The molecule has 0 saturated heterocycles. The number of hydrogen-bond acceptors (Lipinski definition) is 4. The monoisotopic (exact) mass is 323 g/mol. The molecule has 0 radical (unpaired) electrons. The van der Waals surface area contributed by atoms with E-state index in [4.69, 9.17) is 14.6 Å². The zero-order valence-electron chi connectivity index (χ0n) is 13.9. The molecule has 0 heterocycles. The minimum atomic E-state index is -1.00. The smallest absolute Gasteiger partial charge is 0.326 e. The van der Waals surface area contributed by atoms with Crippen LogP contribution in [0, 0.1) is 5.92 Å². The van der Waals surface area contributed by atoms with E-state index in [9.17, 15) is 9.59 Å². The fourth-order valence-corrected chi connectivity index (χ4v) is 2.07. The van der Waals surface area contributed by atoms with Gasteiger partial charge in [-0.05, 0) is 30.9 Å². The van der Waals surface area contributed by atoms with Crippen molar-refractivity contribution in [2.75, 3.05) is 13.7 Å². The Kier molecular flexibility index (Phi) is 7.94. The van der Waals surface area contributed by atoms with E-state index in [1.807, 2.05) is 32.0 Å². The Morgan fingerprint density at radius 3 is 2.57 bits per heavy atom. The molecule has 0 saturated carbocycles. The molecule has 0 aliphatic carbocycles. The van der Waals surface area contributed by atoms with Gasteiger partial charge in [-0.15, -0.1) is 0 Å². The standard InChI is InChI=1S/C17H25NO5/c1-12(2)10-15(17(20)21)18-16(19)8-5-9-23-14-7-4-6-13(11-14)22-3/h4,6-7,11-12,15H,5,8-10H2,1-3H3,(H,18,19)(H,20,21). The predicted molar refractivity (Wildman–Crippen MR) is 86.7 cm³/mol. The molecular formula is C17H25NO5. The number of rotatable bonds is 10. The minimum absolute atomic E-state index is 0.202. The maximum absolute atomic E-state index is 11.8. The van der Waals surface area contributed by atoms with E-state index in [1.54, 1.807) is 13.2 Å². The topological polar surface area (TPSA) is 84.9 Å². The van der Waals surface area contributed by atoms with Crippen LogP contribution in [0.1, 0.15) is 33.1 Å². The van der Waals surface area contributed by atoms with Gasteiger partial charge in [0.25, 0.3) is 0 Å². The molecule has 0 bridgehead atoms. The Bertz CT molecular complexity index is 515. The largest absolute Gasteiger partial charge is 0.497 e. The van der Waals surface area contributed by atoms with Crippen molar-refractivity contribution in [2.45, 2.75) is 39.2 Å². The molecule has 6 nitrogen and oxygen atoms in total. The molecule has 6 heteroatoms. The van der Waals surface area contributed by atoms with Crippen LogP contribution in [0.3, 0.4) is 0 Å². The molecule has 1 aromatic carbocycles. The summed E-state index contributed by atoms with van der Waals surface area (Å²) in [6.45, 7) is 4.22. The van der Waals surface area contributed by atoms with Gasteiger partial charge in [0, 0.05) is 12.5 Å². The highest BCUT2D eigenvalue weighted by molar-refractivity contribution is 5.83. The summed E-state index contributed by atoms with van der Waals surface area (Å²) in [5.74, 6) is 0.311. The summed E-state index contributed by atoms with van der Waals surface area (Å²) in [5.41, 5.74) is 0. The number of carbonyl (C=O) groups excluding carboxylic acids is 1. The van der Waals surface area contributed by atoms with Gasteiger partial charge in [-0.2, -0.15) is 0 Å². The molecule has 0 aromatic heterocycles. The summed E-state index contributed by atoms with van der Waals surface area (Å²) in [6.07, 6.45) is 1.16. The maximum Gasteiger partial charge on any atom is 0.326 e. The van der Waals surface area contributed by atoms with Gasteiger partial charge < -0.3 is 19.9 Å². The molecule has 0 aliphatic rings. The molecule has 1 atom stereocenters. The summed E-state index contributed by atoms with van der Waals surface area (Å²) in [6, 6.07) is 6.39. The Morgan fingerprint density at radius 2 is 1.96 bits per heavy atom. The summed E-state index contributed by atoms with van der Waals surface area (Å²) in [7, 11) is 1.58. The van der Waals surface area contributed by atoms with Crippen molar-refractivity contribution in [3.63, 3.8) is 0 Å². The molecule has 23 heavy (non-hydrogen) atoms. The van der Waals surface area contributed by atoms with Crippen molar-refractivity contribution in [3.8, 4) is 11.5 Å². The van der Waals surface area contributed by atoms with Gasteiger partial charge >= 0.3 is 5.97 Å². The molecule has 1 unspecified atom stereocenters. The van der Waals surface area contributed by atoms with Gasteiger partial charge in [0.15, 0.2) is 0 Å². The Balaban J connectivity index is 2.31. The van der Waals surface area contributed by atoms with Crippen LogP contribution in [0.2, 0.25) is 0 Å². The third-order valence-corrected chi connectivity index (χ3v) is 3.20. The summed E-state index contributed by atoms with van der Waals surface area (Å²) in [5, 5.41) is 11.6. The van der Waals surface area contributed by atoms with Crippen molar-refractivity contribution in [1.82, 2.24) is 5.32 Å². The van der Waals surface area contributed by atoms with Crippen LogP contribution in [0.15, 0.2) is 24.3 Å². The molecule has 1 rings (SSSR count). The first kappa shape index (κ1) is 18.8. The number of ether oxygens (including phenoxy) is 2. The number of hydrogen-bond donors (Lipinski definition) is 2. The SMILES string of the molecule is COc1cccc(OCCCC(=O)NC(CC(C)C)C(=O)O)c1. The van der Waals surface area contributed by atoms with E-state index in [1.165, 1.54) is 0 Å². The van der Waals surface area contributed by atoms with Gasteiger partial charge in [0.1, 0.15) is 17.5 Å². The number of methoxy groups -OCH3 is 1. The van der Waals surface area contributed by atoms with Gasteiger partial charge in [-0.1, -0.05) is 19.9 Å². The second-order valence-corrected chi connectivity index (χ2v) is 5.72. The van der Waals surface area contributed by atoms with E-state index < -0.39 is 12.0 Å². The van der Waals surface area contributed by atoms with Gasteiger partial charge in [0.05, 0.1) is 13.7 Å². The molecule has 0 spiro atoms. The Labute approximate surface area is 136 Å². The fourth-order valence-electron chi connectivity index (χ4n) is 2.07. The predicted octanol–water partition coefficient (Wildman–Crippen LogP) is 2.47. The number of nitrogens with one attached hydrogen (secondary N) is 1. The minimum Gasteiger partial charge on any atom is -0.497 e. The lowest BCUT2D eigenvalue weighted by Gasteiger charge is -2.16. The third kappa shape index (κ3) is 7.54. The molecule has 2 N–H and O–H groups in total. The second kappa shape index (κ2) is 9.71. The van der Waals surface area contributed by atoms with Crippen LogP contribution >= 0.6 is 0 Å². The summed E-state index contributed by atoms with van der Waals surface area (Å²) >= 11 is 0. The van der Waals surface area contributed by atoms with Crippen LogP contribution in [-0.2, 0) is 9.59 Å². The second-order valence-electron chi connectivity index (χ2n) is 5.72. The number of amides is 1. The van der Waals surface area contributed by atoms with Crippen molar-refractivity contribution in [3.05, 3.63) is 24.3 Å². The first-order valence-corrected chi connectivity index (χ1v) is 7.71. The van der Waals surface area contributed by atoms with Crippen LogP contribution in [0.5, 0.6) is 11.5 Å². The fraction of sp³-hybridized carbons (Fsp3) is 0.529. The average molecular weight is 323 g/mol. The van der Waals surface area contributed by atoms with Gasteiger partial charge in [-0.3, -0.25) is 4.79 Å². The normalized spacial score (nSPS) is 11.8. The molecular weight excluding hydrogens is 298 g/mol. The van der Waals surface area contributed by atoms with E-state index in [2.05, 4.69) is 5.32 Å². The average Bonchev–Trinajstić information content (AvgIpc) is 2.50. The lowest BCUT2D eigenvalue weighted by molar-refractivity contribution is -0.142. The lowest BCUT2D eigenvalue weighted by Crippen LogP contribution is -2.41. The number of carbonyl (C=O) groups is 2. The van der Waals surface area contributed by atoms with E-state index in [0.29, 0.717) is 30.9 Å². The number of carboxylic acids is 1. The maximum atomic E-state index is 11.8. The van der Waals surface area contributed by atoms with E-state index >= 15 is 0 Å². The molecule has 1 amide bonds. The number of benzene rings is 1. The molecule has 128 valence electrons. The van der Waals surface area contributed by atoms with Crippen LogP contribution in [-0.4, -0.2) is 36.7 Å². The molecule has 1 aromatic rings. The van der Waals surface area contributed by atoms with Crippen molar-refractivity contribution in [2.24, 2.45) is 5.92 Å². The highest BCUT2D eigenvalue weighted by atomic mass is 16.5. The Morgan fingerprint density at radius 1 is 1.26 bits per heavy atom. The van der Waals surface area contributed by atoms with E-state index in [-0.39, 0.29) is 18.2 Å². The highest BCUT2D eigenvalue weighted by Crippen LogP contribution is 2.19.